The molecule has 1 N–H and O–H groups in total. The van der Waals surface area contributed by atoms with Gasteiger partial charge >= 0.3 is 0 Å². The van der Waals surface area contributed by atoms with E-state index in [4.69, 9.17) is 0 Å². The molecule has 15 heavy (non-hydrogen) atoms. The Balaban J connectivity index is 2.23. The summed E-state index contributed by atoms with van der Waals surface area (Å²) in [6.45, 7) is 0. The van der Waals surface area contributed by atoms with Gasteiger partial charge in [0.25, 0.3) is 0 Å². The van der Waals surface area contributed by atoms with Crippen molar-refractivity contribution in [2.24, 2.45) is 10.2 Å². The van der Waals surface area contributed by atoms with Gasteiger partial charge in [-0.25, -0.2) is 4.98 Å². The predicted molar refractivity (Wildman–Crippen MR) is 56.5 cm³/mol. The van der Waals surface area contributed by atoms with Crippen molar-refractivity contribution in [3.8, 4) is 5.75 Å². The molecular weight excluding hydrogens is 190 g/mol. The van der Waals surface area contributed by atoms with Crippen molar-refractivity contribution in [2.75, 3.05) is 0 Å². The zero-order valence-corrected chi connectivity index (χ0v) is 7.91. The van der Waals surface area contributed by atoms with E-state index in [9.17, 15) is 5.11 Å². The quantitative estimate of drug-likeness (QED) is 0.755. The number of benzene rings is 1. The first-order valence-corrected chi connectivity index (χ1v) is 4.47. The molecule has 2 rings (SSSR count). The molecule has 74 valence electrons. The number of aromatic hydroxyl groups is 1. The van der Waals surface area contributed by atoms with Crippen LogP contribution in [0.25, 0.3) is 0 Å². The fraction of sp³-hybridized carbons (Fsp3) is 0. The lowest BCUT2D eigenvalue weighted by molar-refractivity contribution is 0.474. The van der Waals surface area contributed by atoms with Gasteiger partial charge < -0.3 is 5.11 Å². The lowest BCUT2D eigenvalue weighted by Crippen LogP contribution is -1.72. The Morgan fingerprint density at radius 2 is 1.73 bits per heavy atom. The summed E-state index contributed by atoms with van der Waals surface area (Å²) in [6.07, 6.45) is 1.55. The van der Waals surface area contributed by atoms with Crippen molar-refractivity contribution < 1.29 is 5.11 Å². The Labute approximate surface area is 86.9 Å². The number of nitrogens with zero attached hydrogens (tertiary/aromatic N) is 3. The summed E-state index contributed by atoms with van der Waals surface area (Å²) in [5, 5.41) is 17.2. The highest BCUT2D eigenvalue weighted by Gasteiger charge is 1.97. The first-order valence-electron chi connectivity index (χ1n) is 4.47. The lowest BCUT2D eigenvalue weighted by Gasteiger charge is -1.94. The molecule has 0 amide bonds. The molecule has 0 aliphatic heterocycles. The number of aromatic nitrogens is 1. The van der Waals surface area contributed by atoms with Gasteiger partial charge in [-0.15, -0.1) is 10.2 Å². The van der Waals surface area contributed by atoms with Crippen molar-refractivity contribution in [1.29, 1.82) is 0 Å². The smallest absolute Gasteiger partial charge is 0.216 e. The molecule has 0 saturated heterocycles. The molecule has 4 nitrogen and oxygen atoms in total. The van der Waals surface area contributed by atoms with Gasteiger partial charge in [0.1, 0.15) is 0 Å². The van der Waals surface area contributed by atoms with Crippen LogP contribution in [0.3, 0.4) is 0 Å². The van der Waals surface area contributed by atoms with E-state index < -0.39 is 0 Å². The van der Waals surface area contributed by atoms with Gasteiger partial charge in [-0.3, -0.25) is 0 Å². The van der Waals surface area contributed by atoms with Crippen LogP contribution >= 0.6 is 0 Å². The summed E-state index contributed by atoms with van der Waals surface area (Å²) in [5.74, 6) is 0.249. The third-order valence-electron chi connectivity index (χ3n) is 1.78. The summed E-state index contributed by atoms with van der Waals surface area (Å²) in [6, 6.07) is 12.4. The molecule has 0 spiro atoms. The third-order valence-corrected chi connectivity index (χ3v) is 1.78. The Bertz CT molecular complexity index is 468. The van der Waals surface area contributed by atoms with E-state index in [2.05, 4.69) is 15.2 Å². The number of azo groups is 1. The Morgan fingerprint density at radius 1 is 0.933 bits per heavy atom. The molecular formula is C11H9N3O. The lowest BCUT2D eigenvalue weighted by atomic mass is 10.3. The van der Waals surface area contributed by atoms with E-state index >= 15 is 0 Å². The maximum absolute atomic E-state index is 9.37. The Morgan fingerprint density at radius 3 is 2.47 bits per heavy atom. The molecule has 4 heteroatoms. The first kappa shape index (κ1) is 9.33. The average Bonchev–Trinajstić information content (AvgIpc) is 2.29. The molecule has 1 aromatic carbocycles. The third kappa shape index (κ3) is 2.37. The monoisotopic (exact) mass is 199 g/mol. The molecule has 0 atom stereocenters. The van der Waals surface area contributed by atoms with Crippen LogP contribution in [-0.2, 0) is 0 Å². The van der Waals surface area contributed by atoms with Gasteiger partial charge in [0, 0.05) is 6.20 Å². The molecule has 0 aliphatic carbocycles. The second-order valence-electron chi connectivity index (χ2n) is 2.88. The van der Waals surface area contributed by atoms with Gasteiger partial charge in [0.15, 0.2) is 5.75 Å². The maximum Gasteiger partial charge on any atom is 0.216 e. The minimum Gasteiger partial charge on any atom is -0.504 e. The molecule has 0 saturated carbocycles. The van der Waals surface area contributed by atoms with Gasteiger partial charge in [-0.2, -0.15) is 0 Å². The zero-order valence-electron chi connectivity index (χ0n) is 7.91. The van der Waals surface area contributed by atoms with Crippen LogP contribution in [0.5, 0.6) is 5.75 Å². The zero-order chi connectivity index (χ0) is 10.5. The largest absolute Gasteiger partial charge is 0.504 e. The summed E-state index contributed by atoms with van der Waals surface area (Å²) >= 11 is 0. The van der Waals surface area contributed by atoms with Crippen molar-refractivity contribution in [2.45, 2.75) is 0 Å². The van der Waals surface area contributed by atoms with E-state index in [0.29, 0.717) is 0 Å². The summed E-state index contributed by atoms with van der Waals surface area (Å²) in [4.78, 5) is 3.88. The van der Waals surface area contributed by atoms with Crippen LogP contribution in [0.4, 0.5) is 11.5 Å². The molecule has 0 unspecified atom stereocenters. The SMILES string of the molecule is Oc1cccnc1N=Nc1ccccc1. The molecule has 1 heterocycles. The average molecular weight is 199 g/mol. The maximum atomic E-state index is 9.37. The predicted octanol–water partition coefficient (Wildman–Crippen LogP) is 3.20. The van der Waals surface area contributed by atoms with Crippen LogP contribution < -0.4 is 0 Å². The first-order chi connectivity index (χ1) is 7.36. The van der Waals surface area contributed by atoms with Crippen LogP contribution in [0.2, 0.25) is 0 Å². The van der Waals surface area contributed by atoms with Gasteiger partial charge in [-0.05, 0) is 24.3 Å². The standard InChI is InChI=1S/C11H9N3O/c15-10-7-4-8-12-11(10)14-13-9-5-2-1-3-6-9/h1-8,15H. The van der Waals surface area contributed by atoms with E-state index in [-0.39, 0.29) is 11.6 Å². The molecule has 1 aromatic heterocycles. The van der Waals surface area contributed by atoms with Gasteiger partial charge in [-0.1, -0.05) is 18.2 Å². The second kappa shape index (κ2) is 4.32. The molecule has 0 bridgehead atoms. The van der Waals surface area contributed by atoms with Gasteiger partial charge in [0.2, 0.25) is 5.82 Å². The molecule has 0 radical (unpaired) electrons. The topological polar surface area (TPSA) is 57.8 Å². The van der Waals surface area contributed by atoms with E-state index in [1.165, 1.54) is 6.07 Å². The Kier molecular flexibility index (Phi) is 2.69. The van der Waals surface area contributed by atoms with E-state index in [1.807, 2.05) is 30.3 Å². The van der Waals surface area contributed by atoms with E-state index in [1.54, 1.807) is 12.3 Å². The Hall–Kier alpha value is -2.23. The fourth-order valence-electron chi connectivity index (χ4n) is 1.07. The van der Waals surface area contributed by atoms with Crippen molar-refractivity contribution in [3.05, 3.63) is 48.7 Å². The molecule has 0 fully saturated rings. The van der Waals surface area contributed by atoms with Crippen LogP contribution in [0, 0.1) is 0 Å². The number of hydrogen-bond acceptors (Lipinski definition) is 4. The highest BCUT2D eigenvalue weighted by atomic mass is 16.3. The van der Waals surface area contributed by atoms with Gasteiger partial charge in [0.05, 0.1) is 5.69 Å². The minimum absolute atomic E-state index is 0.0252. The summed E-state index contributed by atoms with van der Waals surface area (Å²) < 4.78 is 0. The summed E-state index contributed by atoms with van der Waals surface area (Å²) in [5.41, 5.74) is 0.725. The van der Waals surface area contributed by atoms with Crippen LogP contribution in [-0.4, -0.2) is 10.1 Å². The fourth-order valence-corrected chi connectivity index (χ4v) is 1.07. The normalized spacial score (nSPS) is 10.7. The van der Waals surface area contributed by atoms with Crippen molar-refractivity contribution in [1.82, 2.24) is 4.98 Å². The molecule has 0 aliphatic rings. The van der Waals surface area contributed by atoms with Crippen molar-refractivity contribution >= 4 is 11.5 Å². The van der Waals surface area contributed by atoms with Crippen molar-refractivity contribution in [3.63, 3.8) is 0 Å². The summed E-state index contributed by atoms with van der Waals surface area (Å²) in [7, 11) is 0. The van der Waals surface area contributed by atoms with Crippen LogP contribution in [0.15, 0.2) is 58.9 Å². The van der Waals surface area contributed by atoms with Crippen LogP contribution in [0.1, 0.15) is 0 Å². The van der Waals surface area contributed by atoms with E-state index in [0.717, 1.165) is 5.69 Å². The minimum atomic E-state index is 0.0252. The highest BCUT2D eigenvalue weighted by Crippen LogP contribution is 2.23. The second-order valence-corrected chi connectivity index (χ2v) is 2.88. The highest BCUT2D eigenvalue weighted by molar-refractivity contribution is 5.43. The number of hydrogen-bond donors (Lipinski definition) is 1. The number of pyridine rings is 1. The number of rotatable bonds is 2. The molecule has 2 aromatic rings.